The topological polar surface area (TPSA) is 50.2 Å². The molecule has 2 aliphatic heterocycles. The Bertz CT molecular complexity index is 941. The smallest absolute Gasteiger partial charge is 0.349 e. The van der Waals surface area contributed by atoms with Gasteiger partial charge in [0.25, 0.3) is 0 Å². The molecule has 168 valence electrons. The van der Waals surface area contributed by atoms with E-state index < -0.39 is 17.3 Å². The number of carbonyl (C=O) groups excluding carboxylic acids is 1. The lowest BCUT2D eigenvalue weighted by Crippen LogP contribution is -2.55. The number of alkyl halides is 3. The molecule has 1 aromatic carbocycles. The SMILES string of the molecule is CCn1ccnc1CN1[C@H]2CCCCC(=O)N[C@@]2(C)C[C@H]1c1cccc(C(F)(F)F)c1. The Hall–Kier alpha value is -2.35. The fraction of sp³-hybridized carbons (Fsp3) is 0.565. The summed E-state index contributed by atoms with van der Waals surface area (Å²) in [5, 5.41) is 3.21. The minimum atomic E-state index is -4.39. The van der Waals surface area contributed by atoms with Crippen molar-refractivity contribution in [3.8, 4) is 0 Å². The first-order chi connectivity index (χ1) is 14.7. The maximum absolute atomic E-state index is 13.4. The number of amides is 1. The van der Waals surface area contributed by atoms with Crippen LogP contribution in [-0.4, -0.2) is 31.9 Å². The first-order valence-corrected chi connectivity index (χ1v) is 10.9. The average molecular weight is 435 g/mol. The summed E-state index contributed by atoms with van der Waals surface area (Å²) in [6.07, 6.45) is 2.98. The average Bonchev–Trinajstić information content (AvgIpc) is 3.26. The molecule has 31 heavy (non-hydrogen) atoms. The van der Waals surface area contributed by atoms with E-state index in [0.717, 1.165) is 37.7 Å². The molecule has 1 amide bonds. The van der Waals surface area contributed by atoms with Crippen molar-refractivity contribution in [1.82, 2.24) is 19.8 Å². The van der Waals surface area contributed by atoms with Crippen LogP contribution in [0.15, 0.2) is 36.7 Å². The van der Waals surface area contributed by atoms with E-state index in [1.165, 1.54) is 12.1 Å². The molecule has 8 heteroatoms. The van der Waals surface area contributed by atoms with Gasteiger partial charge in [0.15, 0.2) is 0 Å². The van der Waals surface area contributed by atoms with Crippen molar-refractivity contribution in [2.24, 2.45) is 0 Å². The van der Waals surface area contributed by atoms with Crippen LogP contribution in [0, 0.1) is 0 Å². The first kappa shape index (κ1) is 21.9. The lowest BCUT2D eigenvalue weighted by molar-refractivity contribution is -0.137. The van der Waals surface area contributed by atoms with Crippen LogP contribution in [0.4, 0.5) is 13.2 Å². The number of aromatic nitrogens is 2. The fourth-order valence-electron chi connectivity index (χ4n) is 5.26. The van der Waals surface area contributed by atoms with Crippen LogP contribution >= 0.6 is 0 Å². The third-order valence-corrected chi connectivity index (χ3v) is 6.78. The number of hydrogen-bond donors (Lipinski definition) is 1. The Balaban J connectivity index is 1.75. The Kier molecular flexibility index (Phi) is 5.85. The highest BCUT2D eigenvalue weighted by molar-refractivity contribution is 5.77. The van der Waals surface area contributed by atoms with Gasteiger partial charge in [-0.3, -0.25) is 9.69 Å². The first-order valence-electron chi connectivity index (χ1n) is 10.9. The summed E-state index contributed by atoms with van der Waals surface area (Å²) >= 11 is 0. The molecule has 1 aromatic heterocycles. The second-order valence-corrected chi connectivity index (χ2v) is 8.87. The highest BCUT2D eigenvalue weighted by Crippen LogP contribution is 2.46. The molecule has 4 rings (SSSR count). The molecule has 2 aromatic rings. The number of nitrogens with one attached hydrogen (secondary N) is 1. The molecular formula is C23H29F3N4O. The van der Waals surface area contributed by atoms with Gasteiger partial charge in [0, 0.05) is 37.4 Å². The van der Waals surface area contributed by atoms with E-state index in [0.29, 0.717) is 24.9 Å². The van der Waals surface area contributed by atoms with Gasteiger partial charge in [0.05, 0.1) is 17.6 Å². The number of carbonyl (C=O) groups is 1. The largest absolute Gasteiger partial charge is 0.416 e. The van der Waals surface area contributed by atoms with E-state index in [1.54, 1.807) is 12.3 Å². The van der Waals surface area contributed by atoms with E-state index in [-0.39, 0.29) is 18.0 Å². The zero-order valence-electron chi connectivity index (χ0n) is 18.0. The molecule has 3 atom stereocenters. The second kappa shape index (κ2) is 8.30. The lowest BCUT2D eigenvalue weighted by Gasteiger charge is -2.38. The number of fused-ring (bicyclic) bond motifs is 1. The van der Waals surface area contributed by atoms with E-state index >= 15 is 0 Å². The highest BCUT2D eigenvalue weighted by Gasteiger charge is 2.51. The quantitative estimate of drug-likeness (QED) is 0.760. The van der Waals surface area contributed by atoms with Crippen LogP contribution in [0.3, 0.4) is 0 Å². The van der Waals surface area contributed by atoms with Crippen LogP contribution < -0.4 is 5.32 Å². The van der Waals surface area contributed by atoms with Crippen molar-refractivity contribution in [3.63, 3.8) is 0 Å². The van der Waals surface area contributed by atoms with Crippen molar-refractivity contribution < 1.29 is 18.0 Å². The Morgan fingerprint density at radius 2 is 2.10 bits per heavy atom. The molecule has 0 radical (unpaired) electrons. The summed E-state index contributed by atoms with van der Waals surface area (Å²) < 4.78 is 42.3. The van der Waals surface area contributed by atoms with E-state index in [4.69, 9.17) is 0 Å². The number of nitrogens with zero attached hydrogens (tertiary/aromatic N) is 3. The molecule has 0 bridgehead atoms. The molecule has 3 heterocycles. The summed E-state index contributed by atoms with van der Waals surface area (Å²) in [7, 11) is 0. The number of benzene rings is 1. The summed E-state index contributed by atoms with van der Waals surface area (Å²) in [6, 6.07) is 5.40. The lowest BCUT2D eigenvalue weighted by atomic mass is 9.85. The number of rotatable bonds is 4. The summed E-state index contributed by atoms with van der Waals surface area (Å²) in [5.74, 6) is 0.906. The minimum Gasteiger partial charge on any atom is -0.349 e. The minimum absolute atomic E-state index is 0.0203. The second-order valence-electron chi connectivity index (χ2n) is 8.87. The Morgan fingerprint density at radius 3 is 2.84 bits per heavy atom. The van der Waals surface area contributed by atoms with E-state index in [1.807, 2.05) is 20.0 Å². The normalized spacial score (nSPS) is 27.5. The molecular weight excluding hydrogens is 405 g/mol. The third kappa shape index (κ3) is 4.35. The van der Waals surface area contributed by atoms with Crippen LogP contribution in [-0.2, 0) is 24.1 Å². The van der Waals surface area contributed by atoms with Crippen LogP contribution in [0.25, 0.3) is 0 Å². The van der Waals surface area contributed by atoms with Gasteiger partial charge in [-0.25, -0.2) is 4.98 Å². The van der Waals surface area contributed by atoms with Gasteiger partial charge in [-0.15, -0.1) is 0 Å². The number of hydrogen-bond acceptors (Lipinski definition) is 3. The summed E-state index contributed by atoms with van der Waals surface area (Å²) in [6.45, 7) is 5.38. The molecule has 5 nitrogen and oxygen atoms in total. The van der Waals surface area contributed by atoms with Crippen LogP contribution in [0.1, 0.15) is 68.9 Å². The Labute approximate surface area is 180 Å². The molecule has 0 aliphatic carbocycles. The standard InChI is InChI=1S/C23H29F3N4O/c1-3-29-12-11-27-20(29)15-30-18(16-7-6-8-17(13-16)23(24,25)26)14-22(2)19(30)9-4-5-10-21(31)28-22/h6-8,11-13,18-19H,3-5,9-10,14-15H2,1-2H3,(H,28,31)/t18-,19-,22-/m0/s1. The van der Waals surface area contributed by atoms with Gasteiger partial charge in [0.2, 0.25) is 5.91 Å². The highest BCUT2D eigenvalue weighted by atomic mass is 19.4. The van der Waals surface area contributed by atoms with E-state index in [2.05, 4.69) is 19.8 Å². The number of aryl methyl sites for hydroxylation is 1. The van der Waals surface area contributed by atoms with E-state index in [9.17, 15) is 18.0 Å². The molecule has 1 N–H and O–H groups in total. The van der Waals surface area contributed by atoms with Gasteiger partial charge in [-0.2, -0.15) is 13.2 Å². The van der Waals surface area contributed by atoms with Crippen molar-refractivity contribution in [2.45, 2.75) is 82.8 Å². The van der Waals surface area contributed by atoms with Crippen LogP contribution in [0.5, 0.6) is 0 Å². The summed E-state index contributed by atoms with van der Waals surface area (Å²) in [4.78, 5) is 19.2. The maximum atomic E-state index is 13.4. The zero-order valence-corrected chi connectivity index (χ0v) is 18.0. The van der Waals surface area contributed by atoms with Crippen molar-refractivity contribution >= 4 is 5.91 Å². The Morgan fingerprint density at radius 1 is 1.29 bits per heavy atom. The number of imidazole rings is 1. The van der Waals surface area contributed by atoms with Crippen LogP contribution in [0.2, 0.25) is 0 Å². The predicted octanol–water partition coefficient (Wildman–Crippen LogP) is 4.69. The molecule has 2 aliphatic rings. The zero-order chi connectivity index (χ0) is 22.2. The van der Waals surface area contributed by atoms with Crippen molar-refractivity contribution in [3.05, 3.63) is 53.6 Å². The predicted molar refractivity (Wildman–Crippen MR) is 111 cm³/mol. The van der Waals surface area contributed by atoms with Gasteiger partial charge < -0.3 is 9.88 Å². The van der Waals surface area contributed by atoms with Crippen molar-refractivity contribution in [1.29, 1.82) is 0 Å². The summed E-state index contributed by atoms with van der Waals surface area (Å²) in [5.41, 5.74) is -0.509. The molecule has 0 saturated carbocycles. The molecule has 0 unspecified atom stereocenters. The monoisotopic (exact) mass is 434 g/mol. The van der Waals surface area contributed by atoms with Gasteiger partial charge >= 0.3 is 6.18 Å². The number of likely N-dealkylation sites (tertiary alicyclic amines) is 1. The number of halogens is 3. The van der Waals surface area contributed by atoms with Crippen molar-refractivity contribution in [2.75, 3.05) is 0 Å². The molecule has 2 saturated heterocycles. The molecule has 0 spiro atoms. The van der Waals surface area contributed by atoms with Gasteiger partial charge in [0.1, 0.15) is 5.82 Å². The van der Waals surface area contributed by atoms with Gasteiger partial charge in [-0.1, -0.05) is 18.6 Å². The van der Waals surface area contributed by atoms with Gasteiger partial charge in [-0.05, 0) is 50.8 Å². The third-order valence-electron chi connectivity index (χ3n) is 6.78. The maximum Gasteiger partial charge on any atom is 0.416 e. The fourth-order valence-corrected chi connectivity index (χ4v) is 5.26. The molecule has 2 fully saturated rings.